The van der Waals surface area contributed by atoms with Crippen molar-refractivity contribution in [1.82, 2.24) is 0 Å². The molecule has 0 atom stereocenters. The van der Waals surface area contributed by atoms with Crippen LogP contribution in [0.1, 0.15) is 45.1 Å². The highest BCUT2D eigenvalue weighted by Gasteiger charge is 2.28. The van der Waals surface area contributed by atoms with Crippen molar-refractivity contribution in [3.63, 3.8) is 0 Å². The van der Waals surface area contributed by atoms with Crippen molar-refractivity contribution in [2.75, 3.05) is 11.4 Å². The number of halogens is 2. The lowest BCUT2D eigenvalue weighted by molar-refractivity contribution is 0.514. The molecule has 0 N–H and O–H groups in total. The summed E-state index contributed by atoms with van der Waals surface area (Å²) in [6, 6.07) is 7.88. The second kappa shape index (κ2) is 7.97. The van der Waals surface area contributed by atoms with Crippen LogP contribution >= 0.6 is 0 Å². The summed E-state index contributed by atoms with van der Waals surface area (Å²) in [5, 5.41) is 0. The Bertz CT molecular complexity index is 922. The maximum atomic E-state index is 14.0. The van der Waals surface area contributed by atoms with Gasteiger partial charge in [-0.3, -0.25) is 0 Å². The monoisotopic (exact) mass is 393 g/mol. The maximum absolute atomic E-state index is 14.0. The zero-order valence-corrected chi connectivity index (χ0v) is 16.5. The fourth-order valence-electron chi connectivity index (χ4n) is 3.88. The van der Waals surface area contributed by atoms with Crippen LogP contribution in [-0.2, 0) is 16.3 Å². The lowest BCUT2D eigenvalue weighted by atomic mass is 10.0. The van der Waals surface area contributed by atoms with Crippen LogP contribution < -0.4 is 4.90 Å². The van der Waals surface area contributed by atoms with Crippen LogP contribution in [0.25, 0.3) is 0 Å². The first-order chi connectivity index (χ1) is 12.9. The first-order valence-electron chi connectivity index (χ1n) is 9.48. The molecule has 1 heterocycles. The zero-order valence-electron chi connectivity index (χ0n) is 15.7. The Labute approximate surface area is 159 Å². The SMILES string of the molecule is CCCC(CCC)N1CCc2cc(S(=O)(=O)c3cc(F)ccc3F)ccc21. The predicted molar refractivity (Wildman–Crippen MR) is 103 cm³/mol. The quantitative estimate of drug-likeness (QED) is 0.654. The van der Waals surface area contributed by atoms with E-state index in [0.29, 0.717) is 6.04 Å². The van der Waals surface area contributed by atoms with Crippen molar-refractivity contribution in [3.8, 4) is 0 Å². The van der Waals surface area contributed by atoms with Gasteiger partial charge in [0.25, 0.3) is 0 Å². The number of sulfone groups is 1. The number of hydrogen-bond donors (Lipinski definition) is 0. The molecule has 6 heteroatoms. The molecule has 146 valence electrons. The highest BCUT2D eigenvalue weighted by atomic mass is 32.2. The van der Waals surface area contributed by atoms with Gasteiger partial charge in [-0.2, -0.15) is 0 Å². The fraction of sp³-hybridized carbons (Fsp3) is 0.429. The molecule has 0 unspecified atom stereocenters. The van der Waals surface area contributed by atoms with Crippen molar-refractivity contribution in [3.05, 3.63) is 53.6 Å². The van der Waals surface area contributed by atoms with Crippen molar-refractivity contribution in [1.29, 1.82) is 0 Å². The first kappa shape index (κ1) is 19.8. The maximum Gasteiger partial charge on any atom is 0.209 e. The second-order valence-electron chi connectivity index (χ2n) is 7.04. The van der Waals surface area contributed by atoms with Gasteiger partial charge in [0.2, 0.25) is 9.84 Å². The fourth-order valence-corrected chi connectivity index (χ4v) is 5.27. The topological polar surface area (TPSA) is 37.4 Å². The molecule has 0 bridgehead atoms. The first-order valence-corrected chi connectivity index (χ1v) is 11.0. The molecule has 0 spiro atoms. The molecule has 2 aromatic carbocycles. The van der Waals surface area contributed by atoms with E-state index in [1.54, 1.807) is 6.07 Å². The Hall–Kier alpha value is -1.95. The normalized spacial score (nSPS) is 14.0. The molecule has 27 heavy (non-hydrogen) atoms. The van der Waals surface area contributed by atoms with Gasteiger partial charge < -0.3 is 4.90 Å². The molecule has 0 saturated carbocycles. The van der Waals surface area contributed by atoms with Crippen molar-refractivity contribution < 1.29 is 17.2 Å². The van der Waals surface area contributed by atoms with E-state index in [0.717, 1.165) is 68.1 Å². The van der Waals surface area contributed by atoms with Gasteiger partial charge in [-0.15, -0.1) is 0 Å². The van der Waals surface area contributed by atoms with Gasteiger partial charge in [-0.1, -0.05) is 26.7 Å². The van der Waals surface area contributed by atoms with E-state index in [-0.39, 0.29) is 4.90 Å². The third-order valence-corrected chi connectivity index (χ3v) is 6.93. The molecule has 0 aliphatic carbocycles. The molecular formula is C21H25F2NO2S. The summed E-state index contributed by atoms with van der Waals surface area (Å²) in [5.74, 6) is -1.71. The van der Waals surface area contributed by atoms with Crippen LogP contribution in [0.3, 0.4) is 0 Å². The third-order valence-electron chi connectivity index (χ3n) is 5.16. The number of fused-ring (bicyclic) bond motifs is 1. The number of hydrogen-bond acceptors (Lipinski definition) is 3. The van der Waals surface area contributed by atoms with Crippen molar-refractivity contribution >= 4 is 15.5 Å². The average molecular weight is 393 g/mol. The Kier molecular flexibility index (Phi) is 5.84. The van der Waals surface area contributed by atoms with Gasteiger partial charge in [0.05, 0.1) is 4.90 Å². The summed E-state index contributed by atoms with van der Waals surface area (Å²) >= 11 is 0. The lowest BCUT2D eigenvalue weighted by Gasteiger charge is -2.30. The van der Waals surface area contributed by atoms with Crippen LogP contribution in [0.4, 0.5) is 14.5 Å². The summed E-state index contributed by atoms with van der Waals surface area (Å²) in [7, 11) is -4.11. The molecule has 0 amide bonds. The van der Waals surface area contributed by atoms with Gasteiger partial charge in [0, 0.05) is 18.3 Å². The van der Waals surface area contributed by atoms with E-state index >= 15 is 0 Å². The largest absolute Gasteiger partial charge is 0.368 e. The van der Waals surface area contributed by atoms with E-state index in [1.807, 2.05) is 6.07 Å². The van der Waals surface area contributed by atoms with Gasteiger partial charge in [-0.05, 0) is 61.2 Å². The second-order valence-corrected chi connectivity index (χ2v) is 8.96. The Morgan fingerprint density at radius 3 is 2.41 bits per heavy atom. The van der Waals surface area contributed by atoms with Crippen LogP contribution in [0, 0.1) is 11.6 Å². The molecule has 3 nitrogen and oxygen atoms in total. The molecule has 0 aromatic heterocycles. The van der Waals surface area contributed by atoms with E-state index in [1.165, 1.54) is 6.07 Å². The lowest BCUT2D eigenvalue weighted by Crippen LogP contribution is -2.33. The van der Waals surface area contributed by atoms with E-state index < -0.39 is 26.4 Å². The molecule has 0 fully saturated rings. The van der Waals surface area contributed by atoms with Crippen LogP contribution in [-0.4, -0.2) is 21.0 Å². The van der Waals surface area contributed by atoms with Crippen molar-refractivity contribution in [2.45, 2.75) is 61.8 Å². The molecular weight excluding hydrogens is 368 g/mol. The number of benzene rings is 2. The number of rotatable bonds is 7. The minimum atomic E-state index is -4.11. The number of nitrogens with zero attached hydrogens (tertiary/aromatic N) is 1. The Morgan fingerprint density at radius 2 is 1.74 bits per heavy atom. The van der Waals surface area contributed by atoms with Gasteiger partial charge in [0.1, 0.15) is 16.5 Å². The smallest absolute Gasteiger partial charge is 0.209 e. The zero-order chi connectivity index (χ0) is 19.6. The Balaban J connectivity index is 1.96. The summed E-state index contributed by atoms with van der Waals surface area (Å²) < 4.78 is 53.1. The van der Waals surface area contributed by atoms with Crippen LogP contribution in [0.15, 0.2) is 46.2 Å². The minimum Gasteiger partial charge on any atom is -0.368 e. The highest BCUT2D eigenvalue weighted by molar-refractivity contribution is 7.91. The van der Waals surface area contributed by atoms with E-state index in [9.17, 15) is 17.2 Å². The molecule has 0 saturated heterocycles. The third kappa shape index (κ3) is 3.86. The van der Waals surface area contributed by atoms with Gasteiger partial charge >= 0.3 is 0 Å². The number of anilines is 1. The molecule has 1 aliphatic rings. The van der Waals surface area contributed by atoms with Gasteiger partial charge in [0.15, 0.2) is 0 Å². The van der Waals surface area contributed by atoms with E-state index in [2.05, 4.69) is 18.7 Å². The van der Waals surface area contributed by atoms with Crippen LogP contribution in [0.2, 0.25) is 0 Å². The Morgan fingerprint density at radius 1 is 1.04 bits per heavy atom. The molecule has 0 radical (unpaired) electrons. The summed E-state index contributed by atoms with van der Waals surface area (Å²) in [5.41, 5.74) is 2.01. The summed E-state index contributed by atoms with van der Waals surface area (Å²) in [4.78, 5) is 1.75. The van der Waals surface area contributed by atoms with Gasteiger partial charge in [-0.25, -0.2) is 17.2 Å². The summed E-state index contributed by atoms with van der Waals surface area (Å²) in [6.07, 6.45) is 5.15. The van der Waals surface area contributed by atoms with Crippen molar-refractivity contribution in [2.24, 2.45) is 0 Å². The molecule has 2 aromatic rings. The average Bonchev–Trinajstić information content (AvgIpc) is 3.06. The van der Waals surface area contributed by atoms with E-state index in [4.69, 9.17) is 0 Å². The summed E-state index contributed by atoms with van der Waals surface area (Å²) in [6.45, 7) is 5.20. The predicted octanol–water partition coefficient (Wildman–Crippen LogP) is 5.13. The van der Waals surface area contributed by atoms with Crippen LogP contribution in [0.5, 0.6) is 0 Å². The molecule has 3 rings (SSSR count). The standard InChI is InChI=1S/C21H25F2NO2S/c1-3-5-17(6-4-2)24-12-11-15-13-18(8-10-20(15)24)27(25,26)21-14-16(22)7-9-19(21)23/h7-10,13-14,17H,3-6,11-12H2,1-2H3. The minimum absolute atomic E-state index is 0.00938. The molecule has 1 aliphatic heterocycles. The highest BCUT2D eigenvalue weighted by Crippen LogP contribution is 2.35.